The third-order valence-electron chi connectivity index (χ3n) is 4.59. The van der Waals surface area contributed by atoms with Gasteiger partial charge < -0.3 is 4.74 Å². The maximum absolute atomic E-state index is 13.0. The van der Waals surface area contributed by atoms with Crippen molar-refractivity contribution < 1.29 is 9.53 Å². The lowest BCUT2D eigenvalue weighted by molar-refractivity contribution is -0.114. The van der Waals surface area contributed by atoms with Crippen molar-refractivity contribution in [1.29, 1.82) is 0 Å². The lowest BCUT2D eigenvalue weighted by Gasteiger charge is -2.12. The SMILES string of the molecule is CC1=NN(c2ccc(Cl)cc2)C(=O)/C1=C\c1ccccc1OCc1ccccc1. The summed E-state index contributed by atoms with van der Waals surface area (Å²) in [4.78, 5) is 13.0. The first-order valence-electron chi connectivity index (χ1n) is 9.25. The molecule has 0 saturated carbocycles. The lowest BCUT2D eigenvalue weighted by atomic mass is 10.1. The Hall–Kier alpha value is -3.37. The Morgan fingerprint density at radius 2 is 1.66 bits per heavy atom. The van der Waals surface area contributed by atoms with E-state index in [0.717, 1.165) is 16.9 Å². The van der Waals surface area contributed by atoms with Gasteiger partial charge in [0.15, 0.2) is 0 Å². The predicted octanol–water partition coefficient (Wildman–Crippen LogP) is 5.73. The molecule has 0 spiro atoms. The molecule has 0 unspecified atom stereocenters. The van der Waals surface area contributed by atoms with E-state index in [1.165, 1.54) is 5.01 Å². The molecule has 0 aromatic heterocycles. The molecule has 3 aromatic rings. The van der Waals surface area contributed by atoms with Crippen LogP contribution in [0.1, 0.15) is 18.1 Å². The summed E-state index contributed by atoms with van der Waals surface area (Å²) in [5, 5.41) is 6.42. The highest BCUT2D eigenvalue weighted by atomic mass is 35.5. The summed E-state index contributed by atoms with van der Waals surface area (Å²) in [6, 6.07) is 24.7. The topological polar surface area (TPSA) is 41.9 Å². The van der Waals surface area contributed by atoms with Crippen molar-refractivity contribution in [3.63, 3.8) is 0 Å². The molecule has 0 N–H and O–H groups in total. The molecule has 0 aliphatic carbocycles. The molecule has 1 heterocycles. The van der Waals surface area contributed by atoms with Crippen molar-refractivity contribution in [3.05, 3.63) is 101 Å². The average Bonchev–Trinajstić information content (AvgIpc) is 3.03. The van der Waals surface area contributed by atoms with Gasteiger partial charge in [-0.05, 0) is 48.9 Å². The number of halogens is 1. The van der Waals surface area contributed by atoms with E-state index in [4.69, 9.17) is 16.3 Å². The molecule has 1 aliphatic heterocycles. The molecular formula is C24H19ClN2O2. The Bertz CT molecular complexity index is 1090. The summed E-state index contributed by atoms with van der Waals surface area (Å²) >= 11 is 5.95. The number of hydrogen-bond acceptors (Lipinski definition) is 3. The number of carbonyl (C=O) groups is 1. The molecule has 4 nitrogen and oxygen atoms in total. The Balaban J connectivity index is 1.59. The molecule has 5 heteroatoms. The molecular weight excluding hydrogens is 384 g/mol. The minimum Gasteiger partial charge on any atom is -0.488 e. The zero-order valence-electron chi connectivity index (χ0n) is 15.9. The zero-order valence-corrected chi connectivity index (χ0v) is 16.6. The fourth-order valence-electron chi connectivity index (χ4n) is 3.06. The van der Waals surface area contributed by atoms with Crippen LogP contribution in [-0.2, 0) is 11.4 Å². The first-order valence-corrected chi connectivity index (χ1v) is 9.62. The van der Waals surface area contributed by atoms with Crippen molar-refractivity contribution >= 4 is 35.0 Å². The number of anilines is 1. The van der Waals surface area contributed by atoms with Crippen LogP contribution in [0.5, 0.6) is 5.75 Å². The molecule has 3 aromatic carbocycles. The van der Waals surface area contributed by atoms with Crippen molar-refractivity contribution in [2.45, 2.75) is 13.5 Å². The molecule has 1 amide bonds. The second-order valence-electron chi connectivity index (χ2n) is 6.65. The van der Waals surface area contributed by atoms with Gasteiger partial charge in [-0.3, -0.25) is 4.79 Å². The number of amides is 1. The minimum absolute atomic E-state index is 0.178. The van der Waals surface area contributed by atoms with Crippen LogP contribution in [0.2, 0.25) is 5.02 Å². The second-order valence-corrected chi connectivity index (χ2v) is 7.09. The van der Waals surface area contributed by atoms with Gasteiger partial charge in [0.05, 0.1) is 17.0 Å². The van der Waals surface area contributed by atoms with Gasteiger partial charge in [-0.1, -0.05) is 60.1 Å². The fourth-order valence-corrected chi connectivity index (χ4v) is 3.19. The Morgan fingerprint density at radius 3 is 2.41 bits per heavy atom. The Labute approximate surface area is 174 Å². The van der Waals surface area contributed by atoms with Crippen molar-refractivity contribution in [2.24, 2.45) is 5.10 Å². The molecule has 0 bridgehead atoms. The normalized spacial score (nSPS) is 15.0. The molecule has 1 aliphatic rings. The monoisotopic (exact) mass is 402 g/mol. The predicted molar refractivity (Wildman–Crippen MR) is 117 cm³/mol. The van der Waals surface area contributed by atoms with Gasteiger partial charge in [0.1, 0.15) is 12.4 Å². The van der Waals surface area contributed by atoms with Crippen LogP contribution in [0.4, 0.5) is 5.69 Å². The fraction of sp³-hybridized carbons (Fsp3) is 0.0833. The summed E-state index contributed by atoms with van der Waals surface area (Å²) in [5.41, 5.74) is 3.78. The number of nitrogens with zero attached hydrogens (tertiary/aromatic N) is 2. The molecule has 0 saturated heterocycles. The van der Waals surface area contributed by atoms with Crippen LogP contribution >= 0.6 is 11.6 Å². The van der Waals surface area contributed by atoms with Crippen LogP contribution < -0.4 is 9.75 Å². The van der Waals surface area contributed by atoms with E-state index in [2.05, 4.69) is 5.10 Å². The largest absolute Gasteiger partial charge is 0.488 e. The smallest absolute Gasteiger partial charge is 0.280 e. The van der Waals surface area contributed by atoms with E-state index in [0.29, 0.717) is 28.6 Å². The van der Waals surface area contributed by atoms with Crippen molar-refractivity contribution in [1.82, 2.24) is 0 Å². The molecule has 0 radical (unpaired) electrons. The number of benzene rings is 3. The highest BCUT2D eigenvalue weighted by Gasteiger charge is 2.28. The summed E-state index contributed by atoms with van der Waals surface area (Å²) < 4.78 is 6.00. The van der Waals surface area contributed by atoms with E-state index in [9.17, 15) is 4.79 Å². The van der Waals surface area contributed by atoms with Gasteiger partial charge in [-0.25, -0.2) is 0 Å². The van der Waals surface area contributed by atoms with Crippen LogP contribution in [-0.4, -0.2) is 11.6 Å². The number of para-hydroxylation sites is 1. The van der Waals surface area contributed by atoms with Crippen LogP contribution in [0, 0.1) is 0 Å². The van der Waals surface area contributed by atoms with Gasteiger partial charge in [-0.15, -0.1) is 0 Å². The van der Waals surface area contributed by atoms with E-state index in [1.54, 1.807) is 24.3 Å². The molecule has 144 valence electrons. The van der Waals surface area contributed by atoms with Crippen LogP contribution in [0.3, 0.4) is 0 Å². The number of carbonyl (C=O) groups excluding carboxylic acids is 1. The molecule has 29 heavy (non-hydrogen) atoms. The average molecular weight is 403 g/mol. The van der Waals surface area contributed by atoms with Gasteiger partial charge in [0.25, 0.3) is 5.91 Å². The van der Waals surface area contributed by atoms with Gasteiger partial charge in [-0.2, -0.15) is 10.1 Å². The quantitative estimate of drug-likeness (QED) is 0.512. The Kier molecular flexibility index (Phi) is 5.45. The molecule has 4 rings (SSSR count). The highest BCUT2D eigenvalue weighted by molar-refractivity contribution is 6.32. The maximum atomic E-state index is 13.0. The molecule has 0 fully saturated rings. The van der Waals surface area contributed by atoms with Crippen molar-refractivity contribution in [3.8, 4) is 5.75 Å². The highest BCUT2D eigenvalue weighted by Crippen LogP contribution is 2.28. The van der Waals surface area contributed by atoms with Crippen LogP contribution in [0.25, 0.3) is 6.08 Å². The van der Waals surface area contributed by atoms with Gasteiger partial charge in [0.2, 0.25) is 0 Å². The first kappa shape index (κ1) is 19.0. The third-order valence-corrected chi connectivity index (χ3v) is 4.84. The maximum Gasteiger partial charge on any atom is 0.280 e. The number of hydrogen-bond donors (Lipinski definition) is 0. The van der Waals surface area contributed by atoms with Crippen LogP contribution in [0.15, 0.2) is 89.5 Å². The standard InChI is InChI=1S/C24H19ClN2O2/c1-17-22(24(28)27(26-17)21-13-11-20(25)12-14-21)15-19-9-5-6-10-23(19)29-16-18-7-3-2-4-8-18/h2-15H,16H2,1H3/b22-15-. The summed E-state index contributed by atoms with van der Waals surface area (Å²) in [7, 11) is 0. The number of hydrazone groups is 1. The number of ether oxygens (including phenoxy) is 1. The minimum atomic E-state index is -0.178. The first-order chi connectivity index (χ1) is 14.1. The van der Waals surface area contributed by atoms with Gasteiger partial charge in [0, 0.05) is 10.6 Å². The van der Waals surface area contributed by atoms with E-state index in [-0.39, 0.29) is 5.91 Å². The second kappa shape index (κ2) is 8.33. The third kappa shape index (κ3) is 4.23. The van der Waals surface area contributed by atoms with E-state index < -0.39 is 0 Å². The summed E-state index contributed by atoms with van der Waals surface area (Å²) in [6.07, 6.45) is 1.83. The number of rotatable bonds is 5. The zero-order chi connectivity index (χ0) is 20.2. The molecule has 0 atom stereocenters. The Morgan fingerprint density at radius 1 is 0.966 bits per heavy atom. The lowest BCUT2D eigenvalue weighted by Crippen LogP contribution is -2.21. The van der Waals surface area contributed by atoms with Crippen molar-refractivity contribution in [2.75, 3.05) is 5.01 Å². The van der Waals surface area contributed by atoms with E-state index >= 15 is 0 Å². The summed E-state index contributed by atoms with van der Waals surface area (Å²) in [6.45, 7) is 2.28. The van der Waals surface area contributed by atoms with Gasteiger partial charge >= 0.3 is 0 Å². The van der Waals surface area contributed by atoms with E-state index in [1.807, 2.05) is 67.6 Å². The summed E-state index contributed by atoms with van der Waals surface area (Å²) in [5.74, 6) is 0.539.